The molecule has 5 nitrogen and oxygen atoms in total. The molecule has 0 saturated heterocycles. The standard InChI is InChI=1S/C19H19N3O2/c1-13-8-10-16(11-9-13)19-21-17(22-24-19)12-20-18(23)14(2)15-6-4-3-5-7-15/h3-11,14H,12H2,1-2H3,(H,20,23)/t14-/m0/s1. The molecule has 1 N–H and O–H groups in total. The second-order valence-electron chi connectivity index (χ2n) is 5.73. The lowest BCUT2D eigenvalue weighted by Crippen LogP contribution is -2.27. The first kappa shape index (κ1) is 15.9. The van der Waals surface area contributed by atoms with Crippen LogP contribution >= 0.6 is 0 Å². The van der Waals surface area contributed by atoms with E-state index in [1.807, 2.05) is 68.4 Å². The first-order valence-corrected chi connectivity index (χ1v) is 7.86. The molecule has 1 aromatic heterocycles. The lowest BCUT2D eigenvalue weighted by Gasteiger charge is -2.11. The van der Waals surface area contributed by atoms with Gasteiger partial charge in [0.25, 0.3) is 5.89 Å². The maximum Gasteiger partial charge on any atom is 0.257 e. The number of rotatable bonds is 5. The summed E-state index contributed by atoms with van der Waals surface area (Å²) in [6.07, 6.45) is 0. The number of hydrogen-bond donors (Lipinski definition) is 1. The summed E-state index contributed by atoms with van der Waals surface area (Å²) in [5, 5.41) is 6.77. The van der Waals surface area contributed by atoms with Crippen LogP contribution in [0.15, 0.2) is 59.1 Å². The fraction of sp³-hybridized carbons (Fsp3) is 0.211. The molecule has 1 atom stereocenters. The summed E-state index contributed by atoms with van der Waals surface area (Å²) < 4.78 is 5.26. The first-order valence-electron chi connectivity index (χ1n) is 7.86. The van der Waals surface area contributed by atoms with Gasteiger partial charge in [0.1, 0.15) is 0 Å². The molecule has 0 fully saturated rings. The summed E-state index contributed by atoms with van der Waals surface area (Å²) in [5.74, 6) is 0.618. The van der Waals surface area contributed by atoms with Gasteiger partial charge in [-0.15, -0.1) is 0 Å². The molecule has 0 unspecified atom stereocenters. The zero-order valence-corrected chi connectivity index (χ0v) is 13.7. The Balaban J connectivity index is 1.61. The van der Waals surface area contributed by atoms with Gasteiger partial charge in [-0.1, -0.05) is 53.2 Å². The van der Waals surface area contributed by atoms with E-state index in [1.165, 1.54) is 5.56 Å². The zero-order chi connectivity index (χ0) is 16.9. The summed E-state index contributed by atoms with van der Waals surface area (Å²) in [6, 6.07) is 17.5. The van der Waals surface area contributed by atoms with E-state index < -0.39 is 0 Å². The van der Waals surface area contributed by atoms with E-state index in [1.54, 1.807) is 0 Å². The predicted octanol–water partition coefficient (Wildman–Crippen LogP) is 3.46. The molecule has 0 bridgehead atoms. The minimum absolute atomic E-state index is 0.0668. The van der Waals surface area contributed by atoms with Gasteiger partial charge in [-0.2, -0.15) is 4.98 Å². The molecule has 122 valence electrons. The number of aryl methyl sites for hydroxylation is 1. The number of aromatic nitrogens is 2. The molecule has 0 aliphatic heterocycles. The van der Waals surface area contributed by atoms with Crippen LogP contribution in [0.1, 0.15) is 29.8 Å². The van der Waals surface area contributed by atoms with Crippen LogP contribution in [0.3, 0.4) is 0 Å². The van der Waals surface area contributed by atoms with Crippen LogP contribution in [0, 0.1) is 6.92 Å². The number of amides is 1. The van der Waals surface area contributed by atoms with Crippen LogP contribution in [-0.4, -0.2) is 16.0 Å². The Bertz CT molecular complexity index is 810. The van der Waals surface area contributed by atoms with Crippen LogP contribution in [-0.2, 0) is 11.3 Å². The summed E-state index contributed by atoms with van der Waals surface area (Å²) in [6.45, 7) is 4.14. The van der Waals surface area contributed by atoms with Crippen molar-refractivity contribution in [2.45, 2.75) is 26.3 Å². The van der Waals surface area contributed by atoms with Crippen molar-refractivity contribution in [3.05, 3.63) is 71.5 Å². The van der Waals surface area contributed by atoms with Crippen LogP contribution < -0.4 is 5.32 Å². The fourth-order valence-electron chi connectivity index (χ4n) is 2.35. The second-order valence-corrected chi connectivity index (χ2v) is 5.73. The van der Waals surface area contributed by atoms with E-state index in [0.29, 0.717) is 11.7 Å². The Kier molecular flexibility index (Phi) is 4.70. The molecule has 0 spiro atoms. The topological polar surface area (TPSA) is 68.0 Å². The van der Waals surface area contributed by atoms with E-state index in [-0.39, 0.29) is 18.4 Å². The highest BCUT2D eigenvalue weighted by Crippen LogP contribution is 2.18. The van der Waals surface area contributed by atoms with Crippen molar-refractivity contribution in [1.82, 2.24) is 15.5 Å². The molecule has 3 rings (SSSR count). The SMILES string of the molecule is Cc1ccc(-c2nc(CNC(=O)[C@@H](C)c3ccccc3)no2)cc1. The molecule has 1 amide bonds. The maximum atomic E-state index is 12.2. The molecule has 2 aromatic carbocycles. The quantitative estimate of drug-likeness (QED) is 0.781. The van der Waals surface area contributed by atoms with E-state index in [0.717, 1.165) is 11.1 Å². The van der Waals surface area contributed by atoms with Crippen molar-refractivity contribution in [2.24, 2.45) is 0 Å². The van der Waals surface area contributed by atoms with Gasteiger partial charge in [-0.25, -0.2) is 0 Å². The molecule has 0 saturated carbocycles. The molecule has 1 heterocycles. The highest BCUT2D eigenvalue weighted by atomic mass is 16.5. The number of hydrogen-bond acceptors (Lipinski definition) is 4. The Morgan fingerprint density at radius 1 is 1.12 bits per heavy atom. The molecule has 24 heavy (non-hydrogen) atoms. The smallest absolute Gasteiger partial charge is 0.257 e. The predicted molar refractivity (Wildman–Crippen MR) is 91.2 cm³/mol. The second kappa shape index (κ2) is 7.08. The van der Waals surface area contributed by atoms with E-state index in [4.69, 9.17) is 4.52 Å². The van der Waals surface area contributed by atoms with Crippen LogP contribution in [0.2, 0.25) is 0 Å². The van der Waals surface area contributed by atoms with Crippen molar-refractivity contribution < 1.29 is 9.32 Å². The van der Waals surface area contributed by atoms with Crippen molar-refractivity contribution in [2.75, 3.05) is 0 Å². The van der Waals surface area contributed by atoms with Crippen LogP contribution in [0.4, 0.5) is 0 Å². The molecule has 0 aliphatic carbocycles. The average Bonchev–Trinajstić information content (AvgIpc) is 3.09. The van der Waals surface area contributed by atoms with E-state index in [2.05, 4.69) is 15.5 Å². The molecule has 0 aliphatic rings. The van der Waals surface area contributed by atoms with Crippen molar-refractivity contribution in [1.29, 1.82) is 0 Å². The summed E-state index contributed by atoms with van der Waals surface area (Å²) in [5.41, 5.74) is 3.01. The molecular formula is C19H19N3O2. The Labute approximate surface area is 140 Å². The minimum atomic E-state index is -0.227. The Hall–Kier alpha value is -2.95. The van der Waals surface area contributed by atoms with E-state index in [9.17, 15) is 4.79 Å². The largest absolute Gasteiger partial charge is 0.348 e. The maximum absolute atomic E-state index is 12.2. The number of nitrogens with zero attached hydrogens (tertiary/aromatic N) is 2. The Morgan fingerprint density at radius 3 is 2.54 bits per heavy atom. The van der Waals surface area contributed by atoms with Gasteiger partial charge in [0.05, 0.1) is 12.5 Å². The van der Waals surface area contributed by atoms with Gasteiger partial charge >= 0.3 is 0 Å². The van der Waals surface area contributed by atoms with Gasteiger partial charge in [-0.05, 0) is 31.5 Å². The minimum Gasteiger partial charge on any atom is -0.348 e. The lowest BCUT2D eigenvalue weighted by molar-refractivity contribution is -0.122. The van der Waals surface area contributed by atoms with Crippen LogP contribution in [0.5, 0.6) is 0 Å². The number of nitrogens with one attached hydrogen (secondary N) is 1. The third-order valence-electron chi connectivity index (χ3n) is 3.88. The molecule has 3 aromatic rings. The van der Waals surface area contributed by atoms with Gasteiger partial charge in [0, 0.05) is 5.56 Å². The highest BCUT2D eigenvalue weighted by Gasteiger charge is 2.16. The van der Waals surface area contributed by atoms with Gasteiger partial charge in [-0.3, -0.25) is 4.79 Å². The third kappa shape index (κ3) is 3.68. The normalized spacial score (nSPS) is 11.9. The van der Waals surface area contributed by atoms with Crippen molar-refractivity contribution >= 4 is 5.91 Å². The number of carbonyl (C=O) groups excluding carboxylic acids is 1. The number of carbonyl (C=O) groups is 1. The summed E-state index contributed by atoms with van der Waals surface area (Å²) >= 11 is 0. The average molecular weight is 321 g/mol. The Morgan fingerprint density at radius 2 is 1.83 bits per heavy atom. The van der Waals surface area contributed by atoms with Crippen molar-refractivity contribution in [3.63, 3.8) is 0 Å². The first-order chi connectivity index (χ1) is 11.6. The lowest BCUT2D eigenvalue weighted by atomic mass is 10.0. The van der Waals surface area contributed by atoms with Crippen molar-refractivity contribution in [3.8, 4) is 11.5 Å². The third-order valence-corrected chi connectivity index (χ3v) is 3.88. The molecule has 5 heteroatoms. The van der Waals surface area contributed by atoms with Gasteiger partial charge in [0.15, 0.2) is 5.82 Å². The zero-order valence-electron chi connectivity index (χ0n) is 13.7. The van der Waals surface area contributed by atoms with Gasteiger partial charge < -0.3 is 9.84 Å². The summed E-state index contributed by atoms with van der Waals surface area (Å²) in [4.78, 5) is 16.6. The fourth-order valence-corrected chi connectivity index (χ4v) is 2.35. The molecule has 0 radical (unpaired) electrons. The summed E-state index contributed by atoms with van der Waals surface area (Å²) in [7, 11) is 0. The molecular weight excluding hydrogens is 302 g/mol. The van der Waals surface area contributed by atoms with Gasteiger partial charge in [0.2, 0.25) is 5.91 Å². The highest BCUT2D eigenvalue weighted by molar-refractivity contribution is 5.83. The van der Waals surface area contributed by atoms with Crippen LogP contribution in [0.25, 0.3) is 11.5 Å². The monoisotopic (exact) mass is 321 g/mol. The van der Waals surface area contributed by atoms with E-state index >= 15 is 0 Å². The number of benzene rings is 2.